The van der Waals surface area contributed by atoms with Crippen LogP contribution in [-0.4, -0.2) is 33.8 Å². The molecule has 1 aromatic carbocycles. The molecule has 0 bridgehead atoms. The summed E-state index contributed by atoms with van der Waals surface area (Å²) in [6.07, 6.45) is 0.605. The number of aryl methyl sites for hydroxylation is 1. The van der Waals surface area contributed by atoms with E-state index in [1.165, 1.54) is 4.68 Å². The zero-order valence-electron chi connectivity index (χ0n) is 11.8. The van der Waals surface area contributed by atoms with Crippen LogP contribution in [0.4, 0.5) is 0 Å². The first-order chi connectivity index (χ1) is 9.65. The third kappa shape index (κ3) is 2.88. The molecule has 1 aromatic heterocycles. The van der Waals surface area contributed by atoms with Crippen LogP contribution in [-0.2, 0) is 0 Å². The Labute approximate surface area is 117 Å². The average Bonchev–Trinajstić information content (AvgIpc) is 2.75. The molecule has 0 aliphatic rings. The van der Waals surface area contributed by atoms with Gasteiger partial charge in [-0.2, -0.15) is 0 Å². The quantitative estimate of drug-likeness (QED) is 0.642. The highest BCUT2D eigenvalue weighted by atomic mass is 16.3. The molecule has 2 aromatic rings. The summed E-state index contributed by atoms with van der Waals surface area (Å²) in [7, 11) is 0. The molecule has 5 nitrogen and oxygen atoms in total. The molecule has 0 saturated carbocycles. The molecule has 0 aliphatic heterocycles. The molecule has 0 radical (unpaired) electrons. The fraction of sp³-hybridized carbons (Fsp3) is 0.333. The summed E-state index contributed by atoms with van der Waals surface area (Å²) in [5.41, 5.74) is 2.80. The van der Waals surface area contributed by atoms with Crippen molar-refractivity contribution < 1.29 is 5.11 Å². The predicted octanol–water partition coefficient (Wildman–Crippen LogP) is 1.67. The molecule has 0 aliphatic carbocycles. The third-order valence-corrected chi connectivity index (χ3v) is 3.11. The van der Waals surface area contributed by atoms with Gasteiger partial charge in [0.25, 0.3) is 5.56 Å². The number of benzene rings is 1. The summed E-state index contributed by atoms with van der Waals surface area (Å²) in [6.45, 7) is 4.32. The van der Waals surface area contributed by atoms with E-state index in [0.717, 1.165) is 11.4 Å². The molecule has 0 unspecified atom stereocenters. The van der Waals surface area contributed by atoms with Crippen molar-refractivity contribution in [3.05, 3.63) is 51.9 Å². The first-order valence-corrected chi connectivity index (χ1v) is 6.64. The van der Waals surface area contributed by atoms with Gasteiger partial charge in [0.15, 0.2) is 0 Å². The van der Waals surface area contributed by atoms with E-state index in [4.69, 9.17) is 5.11 Å². The van der Waals surface area contributed by atoms with E-state index in [0.29, 0.717) is 24.2 Å². The van der Waals surface area contributed by atoms with Gasteiger partial charge in [-0.3, -0.25) is 14.9 Å². The van der Waals surface area contributed by atoms with Gasteiger partial charge in [0.1, 0.15) is 0 Å². The second kappa shape index (κ2) is 6.34. The Bertz CT molecular complexity index is 654. The van der Waals surface area contributed by atoms with Crippen molar-refractivity contribution >= 4 is 5.71 Å². The number of nitrogens with zero attached hydrogens (tertiary/aromatic N) is 2. The van der Waals surface area contributed by atoms with E-state index in [-0.39, 0.29) is 12.2 Å². The number of hydrogen-bond donors (Lipinski definition) is 2. The number of aliphatic hydroxyl groups is 1. The van der Waals surface area contributed by atoms with Crippen molar-refractivity contribution in [2.45, 2.75) is 20.3 Å². The van der Waals surface area contributed by atoms with Gasteiger partial charge < -0.3 is 5.11 Å². The van der Waals surface area contributed by atoms with Crippen LogP contribution < -0.4 is 5.56 Å². The van der Waals surface area contributed by atoms with Crippen LogP contribution in [0.5, 0.6) is 0 Å². The number of nitrogens with one attached hydrogen (secondary N) is 1. The Hall–Kier alpha value is -2.14. The van der Waals surface area contributed by atoms with E-state index >= 15 is 0 Å². The van der Waals surface area contributed by atoms with E-state index in [9.17, 15) is 4.79 Å². The molecule has 5 heteroatoms. The Morgan fingerprint density at radius 2 is 2.05 bits per heavy atom. The molecule has 20 heavy (non-hydrogen) atoms. The summed E-state index contributed by atoms with van der Waals surface area (Å²) in [5.74, 6) is 0. The van der Waals surface area contributed by atoms with Crippen LogP contribution in [0.1, 0.15) is 24.6 Å². The standard InChI is InChI=1S/C15H19N3O2/c1-11(16-9-6-10-19)14-12(2)17-18(15(14)20)13-7-4-3-5-8-13/h3-5,7-8,17,19H,6,9-10H2,1-2H3. The summed E-state index contributed by atoms with van der Waals surface area (Å²) < 4.78 is 1.52. The fourth-order valence-electron chi connectivity index (χ4n) is 2.13. The maximum atomic E-state index is 12.5. The summed E-state index contributed by atoms with van der Waals surface area (Å²) in [6, 6.07) is 9.44. The maximum absolute atomic E-state index is 12.5. The molecular formula is C15H19N3O2. The lowest BCUT2D eigenvalue weighted by Crippen LogP contribution is -2.19. The second-order valence-corrected chi connectivity index (χ2v) is 4.63. The third-order valence-electron chi connectivity index (χ3n) is 3.11. The van der Waals surface area contributed by atoms with Gasteiger partial charge in [-0.15, -0.1) is 0 Å². The molecule has 0 amide bonds. The van der Waals surface area contributed by atoms with E-state index in [2.05, 4.69) is 10.1 Å². The SMILES string of the molecule is CC(=NCCCO)c1c(C)[nH]n(-c2ccccc2)c1=O. The van der Waals surface area contributed by atoms with Gasteiger partial charge in [0, 0.05) is 24.6 Å². The predicted molar refractivity (Wildman–Crippen MR) is 79.9 cm³/mol. The normalized spacial score (nSPS) is 11.8. The number of hydrogen-bond acceptors (Lipinski definition) is 3. The Kier molecular flexibility index (Phi) is 4.53. The molecule has 2 rings (SSSR count). The van der Waals surface area contributed by atoms with Gasteiger partial charge in [-0.05, 0) is 32.4 Å². The number of para-hydroxylation sites is 1. The first kappa shape index (κ1) is 14.3. The molecule has 1 heterocycles. The van der Waals surface area contributed by atoms with Crippen LogP contribution in [0.25, 0.3) is 5.69 Å². The highest BCUT2D eigenvalue weighted by Crippen LogP contribution is 2.08. The van der Waals surface area contributed by atoms with Crippen molar-refractivity contribution in [2.75, 3.05) is 13.2 Å². The minimum Gasteiger partial charge on any atom is -0.396 e. The molecule has 0 saturated heterocycles. The van der Waals surface area contributed by atoms with Gasteiger partial charge in [0.05, 0.1) is 11.3 Å². The molecule has 0 spiro atoms. The van der Waals surface area contributed by atoms with Gasteiger partial charge in [-0.25, -0.2) is 4.68 Å². The highest BCUT2D eigenvalue weighted by molar-refractivity contribution is 5.99. The van der Waals surface area contributed by atoms with Crippen molar-refractivity contribution in [3.8, 4) is 5.69 Å². The summed E-state index contributed by atoms with van der Waals surface area (Å²) in [5, 5.41) is 11.8. The number of aliphatic hydroxyl groups excluding tert-OH is 1. The zero-order valence-corrected chi connectivity index (χ0v) is 11.8. The largest absolute Gasteiger partial charge is 0.396 e. The molecule has 106 valence electrons. The average molecular weight is 273 g/mol. The zero-order chi connectivity index (χ0) is 14.5. The smallest absolute Gasteiger partial charge is 0.280 e. The van der Waals surface area contributed by atoms with Gasteiger partial charge in [-0.1, -0.05) is 18.2 Å². The topological polar surface area (TPSA) is 70.4 Å². The number of rotatable bonds is 5. The maximum Gasteiger partial charge on any atom is 0.280 e. The monoisotopic (exact) mass is 273 g/mol. The van der Waals surface area contributed by atoms with Gasteiger partial charge in [0.2, 0.25) is 0 Å². The lowest BCUT2D eigenvalue weighted by atomic mass is 10.2. The van der Waals surface area contributed by atoms with Crippen molar-refractivity contribution in [1.29, 1.82) is 0 Å². The van der Waals surface area contributed by atoms with E-state index < -0.39 is 0 Å². The first-order valence-electron chi connectivity index (χ1n) is 6.64. The number of aromatic amines is 1. The minimum absolute atomic E-state index is 0.0982. The van der Waals surface area contributed by atoms with Crippen LogP contribution in [0.3, 0.4) is 0 Å². The Morgan fingerprint density at radius 1 is 1.35 bits per heavy atom. The minimum atomic E-state index is -0.0982. The lowest BCUT2D eigenvalue weighted by molar-refractivity contribution is 0.291. The van der Waals surface area contributed by atoms with E-state index in [1.54, 1.807) is 0 Å². The molecule has 0 fully saturated rings. The highest BCUT2D eigenvalue weighted by Gasteiger charge is 2.14. The Balaban J connectivity index is 2.40. The van der Waals surface area contributed by atoms with Crippen molar-refractivity contribution in [3.63, 3.8) is 0 Å². The molecule has 2 N–H and O–H groups in total. The van der Waals surface area contributed by atoms with Crippen molar-refractivity contribution in [2.24, 2.45) is 4.99 Å². The number of H-pyrrole nitrogens is 1. The fourth-order valence-corrected chi connectivity index (χ4v) is 2.13. The molecule has 0 atom stereocenters. The van der Waals surface area contributed by atoms with Crippen LogP contribution in [0, 0.1) is 6.92 Å². The van der Waals surface area contributed by atoms with E-state index in [1.807, 2.05) is 44.2 Å². The second-order valence-electron chi connectivity index (χ2n) is 4.63. The summed E-state index contributed by atoms with van der Waals surface area (Å²) >= 11 is 0. The van der Waals surface area contributed by atoms with Gasteiger partial charge >= 0.3 is 0 Å². The summed E-state index contributed by atoms with van der Waals surface area (Å²) in [4.78, 5) is 16.8. The number of aliphatic imine (C=N–C) groups is 1. The van der Waals surface area contributed by atoms with Crippen molar-refractivity contribution in [1.82, 2.24) is 9.78 Å². The van der Waals surface area contributed by atoms with Crippen LogP contribution >= 0.6 is 0 Å². The molecular weight excluding hydrogens is 254 g/mol. The van der Waals surface area contributed by atoms with Crippen LogP contribution in [0.15, 0.2) is 40.1 Å². The Morgan fingerprint density at radius 3 is 2.70 bits per heavy atom. The van der Waals surface area contributed by atoms with Crippen LogP contribution in [0.2, 0.25) is 0 Å². The lowest BCUT2D eigenvalue weighted by Gasteiger charge is -1.99. The number of aromatic nitrogens is 2.